The van der Waals surface area contributed by atoms with Crippen LogP contribution in [0.15, 0.2) is 11.8 Å². The van der Waals surface area contributed by atoms with Crippen LogP contribution in [-0.2, 0) is 4.74 Å². The number of hydrogen-bond acceptors (Lipinski definition) is 4. The molecule has 0 amide bonds. The number of hydrogen-bond donors (Lipinski definition) is 0. The van der Waals surface area contributed by atoms with Crippen molar-refractivity contribution in [2.24, 2.45) is 0 Å². The third-order valence-corrected chi connectivity index (χ3v) is 3.47. The van der Waals surface area contributed by atoms with Crippen LogP contribution < -0.4 is 0 Å². The molecule has 0 aromatic heterocycles. The molecule has 1 saturated heterocycles. The van der Waals surface area contributed by atoms with Gasteiger partial charge in [-0.25, -0.2) is 4.79 Å². The first-order valence-corrected chi connectivity index (χ1v) is 6.87. The second kappa shape index (κ2) is 8.38. The van der Waals surface area contributed by atoms with Crippen molar-refractivity contribution >= 4 is 17.0 Å². The van der Waals surface area contributed by atoms with E-state index < -0.39 is 5.43 Å². The van der Waals surface area contributed by atoms with Crippen LogP contribution in [0.3, 0.4) is 0 Å². The quantitative estimate of drug-likeness (QED) is 0.689. The maximum absolute atomic E-state index is 9.36. The first kappa shape index (κ1) is 15.3. The Labute approximate surface area is 115 Å². The molecule has 5 heteroatoms. The molecule has 0 radical (unpaired) electrons. The van der Waals surface area contributed by atoms with Crippen molar-refractivity contribution < 1.29 is 9.53 Å². The van der Waals surface area contributed by atoms with Gasteiger partial charge in [-0.2, -0.15) is 0 Å². The molecular weight excluding hydrogens is 252 g/mol. The number of methoxy groups -OCH3 is 1. The molecule has 2 heterocycles. The smallest absolute Gasteiger partial charge is 0.403 e. The summed E-state index contributed by atoms with van der Waals surface area (Å²) in [4.78, 5) is 14.3. The van der Waals surface area contributed by atoms with Gasteiger partial charge in [0.05, 0.1) is 7.11 Å². The minimum atomic E-state index is -0.773. The Balaban J connectivity index is 0.000000280. The van der Waals surface area contributed by atoms with Crippen molar-refractivity contribution in [3.63, 3.8) is 0 Å². The minimum absolute atomic E-state index is 0.773. The predicted molar refractivity (Wildman–Crippen MR) is 73.9 cm³/mol. The topological polar surface area (TPSA) is 32.8 Å². The number of ether oxygens (including phenoxy) is 1. The maximum atomic E-state index is 9.36. The van der Waals surface area contributed by atoms with Gasteiger partial charge in [0.2, 0.25) is 0 Å². The van der Waals surface area contributed by atoms with E-state index in [0.29, 0.717) is 0 Å². The fourth-order valence-corrected chi connectivity index (χ4v) is 2.23. The summed E-state index contributed by atoms with van der Waals surface area (Å²) >= 11 is 4.60. The molecule has 1 fully saturated rings. The number of likely N-dealkylation sites (tertiary alicyclic amines) is 1. The van der Waals surface area contributed by atoms with E-state index in [-0.39, 0.29) is 0 Å². The molecule has 0 spiro atoms. The lowest BCUT2D eigenvalue weighted by molar-refractivity contribution is 0.198. The number of nitrogens with zero attached hydrogens (tertiary/aromatic N) is 2. The zero-order valence-corrected chi connectivity index (χ0v) is 12.1. The average molecular weight is 275 g/mol. The molecule has 0 bridgehead atoms. The molecule has 2 rings (SSSR count). The molecule has 0 aromatic rings. The molecule has 0 atom stereocenters. The number of carbonyl (C=O) groups excluding carboxylic acids is 1. The van der Waals surface area contributed by atoms with Gasteiger partial charge in [-0.15, -0.1) is 0 Å². The Kier molecular flexibility index (Phi) is 7.13. The lowest BCUT2D eigenvalue weighted by Crippen LogP contribution is -2.34. The van der Waals surface area contributed by atoms with Crippen molar-refractivity contribution in [1.82, 2.24) is 9.80 Å². The summed E-state index contributed by atoms with van der Waals surface area (Å²) in [5.74, 6) is 0. The Morgan fingerprint density at radius 3 is 2.33 bits per heavy atom. The number of rotatable bonds is 1. The van der Waals surface area contributed by atoms with Crippen molar-refractivity contribution in [2.45, 2.75) is 25.7 Å². The highest BCUT2D eigenvalue weighted by Crippen LogP contribution is 2.19. The van der Waals surface area contributed by atoms with Crippen LogP contribution in [-0.4, -0.2) is 55.6 Å². The van der Waals surface area contributed by atoms with Crippen LogP contribution in [0, 0.1) is 0 Å². The normalized spacial score (nSPS) is 20.6. The average Bonchev–Trinajstić information content (AvgIpc) is 2.41. The van der Waals surface area contributed by atoms with Gasteiger partial charge in [-0.05, 0) is 32.7 Å². The van der Waals surface area contributed by atoms with Gasteiger partial charge in [-0.3, -0.25) is 0 Å². The second-order valence-electron chi connectivity index (χ2n) is 4.70. The molecule has 0 saturated carbocycles. The molecule has 4 nitrogen and oxygen atoms in total. The van der Waals surface area contributed by atoms with Crippen molar-refractivity contribution in [1.29, 1.82) is 0 Å². The van der Waals surface area contributed by atoms with Gasteiger partial charge in [0.15, 0.2) is 0 Å². The lowest BCUT2D eigenvalue weighted by atomic mass is 10.1. The van der Waals surface area contributed by atoms with Gasteiger partial charge >= 0.3 is 5.43 Å². The Morgan fingerprint density at radius 1 is 1.28 bits per heavy atom. The molecule has 104 valence electrons. The maximum Gasteiger partial charge on any atom is 0.403 e. The number of carbonyl (C=O) groups is 1. The third kappa shape index (κ3) is 5.74. The summed E-state index contributed by atoms with van der Waals surface area (Å²) in [7, 11) is 3.42. The molecule has 18 heavy (non-hydrogen) atoms. The van der Waals surface area contributed by atoms with Gasteiger partial charge in [0.1, 0.15) is 0 Å². The SMILES string of the molecule is CN1CC=C(N2CCCCC2)CC1.COC(=O)Cl. The zero-order chi connectivity index (χ0) is 13.4. The minimum Gasteiger partial charge on any atom is -0.457 e. The summed E-state index contributed by atoms with van der Waals surface area (Å²) in [5, 5.41) is 0. The summed E-state index contributed by atoms with van der Waals surface area (Å²) in [5.41, 5.74) is 0.836. The van der Waals surface area contributed by atoms with Crippen LogP contribution in [0.25, 0.3) is 0 Å². The van der Waals surface area contributed by atoms with Gasteiger partial charge < -0.3 is 14.5 Å². The van der Waals surface area contributed by atoms with E-state index in [1.807, 2.05) is 0 Å². The zero-order valence-electron chi connectivity index (χ0n) is 11.3. The highest BCUT2D eigenvalue weighted by molar-refractivity contribution is 6.61. The third-order valence-electron chi connectivity index (χ3n) is 3.31. The first-order valence-electron chi connectivity index (χ1n) is 6.49. The Bertz CT molecular complexity index is 289. The molecular formula is C13H23ClN2O2. The van der Waals surface area contributed by atoms with E-state index in [2.05, 4.69) is 39.3 Å². The van der Waals surface area contributed by atoms with E-state index in [0.717, 1.165) is 6.54 Å². The lowest BCUT2D eigenvalue weighted by Gasteiger charge is -2.34. The van der Waals surface area contributed by atoms with Crippen LogP contribution >= 0.6 is 11.6 Å². The van der Waals surface area contributed by atoms with Crippen LogP contribution in [0.2, 0.25) is 0 Å². The van der Waals surface area contributed by atoms with E-state index in [1.165, 1.54) is 52.4 Å². The fraction of sp³-hybridized carbons (Fsp3) is 0.769. The van der Waals surface area contributed by atoms with E-state index in [4.69, 9.17) is 0 Å². The Morgan fingerprint density at radius 2 is 1.89 bits per heavy atom. The van der Waals surface area contributed by atoms with Crippen LogP contribution in [0.4, 0.5) is 4.79 Å². The molecule has 0 aromatic carbocycles. The van der Waals surface area contributed by atoms with E-state index in [1.54, 1.807) is 5.70 Å². The van der Waals surface area contributed by atoms with Crippen LogP contribution in [0.5, 0.6) is 0 Å². The fourth-order valence-electron chi connectivity index (χ4n) is 2.23. The first-order chi connectivity index (χ1) is 8.63. The molecule has 0 unspecified atom stereocenters. The van der Waals surface area contributed by atoms with Gasteiger partial charge in [0.25, 0.3) is 0 Å². The van der Waals surface area contributed by atoms with E-state index >= 15 is 0 Å². The molecule has 0 N–H and O–H groups in total. The summed E-state index contributed by atoms with van der Waals surface area (Å²) < 4.78 is 3.88. The molecule has 2 aliphatic heterocycles. The second-order valence-corrected chi connectivity index (χ2v) is 5.01. The van der Waals surface area contributed by atoms with E-state index in [9.17, 15) is 4.79 Å². The monoisotopic (exact) mass is 274 g/mol. The number of likely N-dealkylation sites (N-methyl/N-ethyl adjacent to an activating group) is 1. The number of halogens is 1. The number of piperidine rings is 1. The highest BCUT2D eigenvalue weighted by Gasteiger charge is 2.16. The van der Waals surface area contributed by atoms with Crippen LogP contribution in [0.1, 0.15) is 25.7 Å². The predicted octanol–water partition coefficient (Wildman–Crippen LogP) is 2.68. The summed E-state index contributed by atoms with van der Waals surface area (Å²) in [6.07, 6.45) is 7.90. The Hall–Kier alpha value is -0.740. The largest absolute Gasteiger partial charge is 0.457 e. The standard InChI is InChI=1S/C11H20N2.C2H3ClO2/c1-12-9-5-11(6-10-12)13-7-3-2-4-8-13;1-5-2(3)4/h5H,2-4,6-10H2,1H3;1H3. The van der Waals surface area contributed by atoms with Gasteiger partial charge in [0, 0.05) is 43.5 Å². The van der Waals surface area contributed by atoms with Crippen molar-refractivity contribution in [3.05, 3.63) is 11.8 Å². The van der Waals surface area contributed by atoms with Crippen molar-refractivity contribution in [3.8, 4) is 0 Å². The van der Waals surface area contributed by atoms with Gasteiger partial charge in [-0.1, -0.05) is 6.08 Å². The molecule has 2 aliphatic rings. The van der Waals surface area contributed by atoms with Crippen molar-refractivity contribution in [2.75, 3.05) is 40.3 Å². The summed E-state index contributed by atoms with van der Waals surface area (Å²) in [6, 6.07) is 0. The summed E-state index contributed by atoms with van der Waals surface area (Å²) in [6.45, 7) is 4.99. The molecule has 0 aliphatic carbocycles. The highest BCUT2D eigenvalue weighted by atomic mass is 35.5.